The van der Waals surface area contributed by atoms with Gasteiger partial charge in [0.15, 0.2) is 6.10 Å². The van der Waals surface area contributed by atoms with Crippen LogP contribution >= 0.6 is 23.2 Å². The van der Waals surface area contributed by atoms with Crippen molar-refractivity contribution in [3.05, 3.63) is 107 Å². The summed E-state index contributed by atoms with van der Waals surface area (Å²) >= 11 is 12.3. The van der Waals surface area contributed by atoms with Crippen molar-refractivity contribution in [1.29, 1.82) is 0 Å². The number of fused-ring (bicyclic) bond motifs is 2. The van der Waals surface area contributed by atoms with E-state index in [-0.39, 0.29) is 5.91 Å². The first-order valence-electron chi connectivity index (χ1n) is 10.9. The number of imide groups is 1. The van der Waals surface area contributed by atoms with Crippen molar-refractivity contribution in [2.24, 2.45) is 5.92 Å². The Balaban J connectivity index is 1.51. The van der Waals surface area contributed by atoms with Gasteiger partial charge in [-0.05, 0) is 46.7 Å². The molecule has 7 heteroatoms. The average Bonchev–Trinajstić information content (AvgIpc) is 3.34. The van der Waals surface area contributed by atoms with Gasteiger partial charge >= 0.3 is 0 Å². The highest BCUT2D eigenvalue weighted by Crippen LogP contribution is 2.49. The lowest BCUT2D eigenvalue weighted by atomic mass is 9.87. The fraction of sp³-hybridized carbons (Fsp3) is 0.111. The normalized spacial score (nSPS) is 22.0. The molecule has 3 atom stereocenters. The molecular formula is C27H18Cl2N2O3. The van der Waals surface area contributed by atoms with Gasteiger partial charge in [0.1, 0.15) is 5.92 Å². The minimum absolute atomic E-state index is 0.341. The summed E-state index contributed by atoms with van der Waals surface area (Å²) in [5.74, 6) is -1.52. The number of carbonyl (C=O) groups excluding carboxylic acids is 2. The third-order valence-corrected chi connectivity index (χ3v) is 6.81. The van der Waals surface area contributed by atoms with E-state index in [2.05, 4.69) is 0 Å². The Kier molecular flexibility index (Phi) is 5.06. The van der Waals surface area contributed by atoms with Gasteiger partial charge in [0.25, 0.3) is 5.91 Å². The van der Waals surface area contributed by atoms with Crippen molar-refractivity contribution in [3.8, 4) is 0 Å². The second kappa shape index (κ2) is 8.13. The van der Waals surface area contributed by atoms with E-state index in [1.54, 1.807) is 23.3 Å². The zero-order chi connectivity index (χ0) is 23.4. The van der Waals surface area contributed by atoms with Gasteiger partial charge in [-0.1, -0.05) is 83.9 Å². The summed E-state index contributed by atoms with van der Waals surface area (Å²) in [7, 11) is 0. The Hall–Kier alpha value is -3.38. The molecule has 6 rings (SSSR count). The van der Waals surface area contributed by atoms with Crippen molar-refractivity contribution in [1.82, 2.24) is 0 Å². The number of amides is 2. The maximum absolute atomic E-state index is 13.8. The summed E-state index contributed by atoms with van der Waals surface area (Å²) in [5, 5.41) is 4.45. The van der Waals surface area contributed by atoms with Gasteiger partial charge in [-0.25, -0.2) is 9.96 Å². The Bertz CT molecular complexity index is 1420. The number of rotatable bonds is 3. The highest BCUT2D eigenvalue weighted by atomic mass is 35.5. The maximum atomic E-state index is 13.8. The summed E-state index contributed by atoms with van der Waals surface area (Å²) in [6.45, 7) is 0. The van der Waals surface area contributed by atoms with Crippen LogP contribution in [0.2, 0.25) is 10.0 Å². The van der Waals surface area contributed by atoms with Crippen molar-refractivity contribution in [3.63, 3.8) is 0 Å². The molecule has 2 aliphatic heterocycles. The minimum atomic E-state index is -0.963. The monoisotopic (exact) mass is 488 g/mol. The molecule has 0 radical (unpaired) electrons. The number of hydrogen-bond acceptors (Lipinski definition) is 4. The summed E-state index contributed by atoms with van der Waals surface area (Å²) in [4.78, 5) is 34.7. The van der Waals surface area contributed by atoms with Crippen LogP contribution in [0.25, 0.3) is 10.8 Å². The molecule has 0 bridgehead atoms. The standard InChI is InChI=1S/C27H18Cl2N2O3/c28-17-13-18(29)15-20(14-17)30-26(32)23-24(22-12-6-8-16-7-4-5-11-21(16)22)31(34-25(23)27(30)33)19-9-2-1-3-10-19/h1-15,23-25H/t23-,24-,25+/m0/s1. The summed E-state index contributed by atoms with van der Waals surface area (Å²) in [6, 6.07) is 27.7. The van der Waals surface area contributed by atoms with E-state index >= 15 is 0 Å². The topological polar surface area (TPSA) is 49.9 Å². The second-order valence-corrected chi connectivity index (χ2v) is 9.24. The SMILES string of the molecule is O=C1[C@@H]2[C@@H](ON(c3ccccc3)[C@H]2c2cccc3ccccc23)C(=O)N1c1cc(Cl)cc(Cl)c1. The van der Waals surface area contributed by atoms with E-state index in [0.717, 1.165) is 26.9 Å². The number of nitrogens with zero attached hydrogens (tertiary/aromatic N) is 2. The number of benzene rings is 4. The lowest BCUT2D eigenvalue weighted by molar-refractivity contribution is -0.126. The van der Waals surface area contributed by atoms with Crippen LogP contribution in [0.1, 0.15) is 11.6 Å². The molecule has 2 saturated heterocycles. The van der Waals surface area contributed by atoms with Gasteiger partial charge in [0, 0.05) is 10.0 Å². The predicted octanol–water partition coefficient (Wildman–Crippen LogP) is 6.20. The van der Waals surface area contributed by atoms with Crippen molar-refractivity contribution in [2.45, 2.75) is 12.1 Å². The molecule has 0 saturated carbocycles. The summed E-state index contributed by atoms with van der Waals surface area (Å²) in [5.41, 5.74) is 2.03. The molecular weight excluding hydrogens is 471 g/mol. The zero-order valence-electron chi connectivity index (χ0n) is 17.8. The van der Waals surface area contributed by atoms with E-state index in [4.69, 9.17) is 28.0 Å². The molecule has 4 aromatic carbocycles. The van der Waals surface area contributed by atoms with Crippen LogP contribution in [0.3, 0.4) is 0 Å². The van der Waals surface area contributed by atoms with Gasteiger partial charge in [-0.3, -0.25) is 14.4 Å². The molecule has 0 aliphatic carbocycles. The molecule has 2 amide bonds. The molecule has 2 fully saturated rings. The van der Waals surface area contributed by atoms with Crippen LogP contribution in [0.4, 0.5) is 11.4 Å². The van der Waals surface area contributed by atoms with Crippen LogP contribution in [-0.4, -0.2) is 17.9 Å². The molecule has 0 N–H and O–H groups in total. The molecule has 2 aliphatic rings. The lowest BCUT2D eigenvalue weighted by Crippen LogP contribution is -2.37. The number of halogens is 2. The van der Waals surface area contributed by atoms with Crippen molar-refractivity contribution in [2.75, 3.05) is 9.96 Å². The van der Waals surface area contributed by atoms with Crippen molar-refractivity contribution < 1.29 is 14.4 Å². The van der Waals surface area contributed by atoms with E-state index in [9.17, 15) is 9.59 Å². The van der Waals surface area contributed by atoms with Crippen LogP contribution in [0, 0.1) is 5.92 Å². The largest absolute Gasteiger partial charge is 0.273 e. The van der Waals surface area contributed by atoms with E-state index < -0.39 is 24.0 Å². The number of hydrogen-bond donors (Lipinski definition) is 0. The van der Waals surface area contributed by atoms with Crippen LogP contribution < -0.4 is 9.96 Å². The van der Waals surface area contributed by atoms with E-state index in [1.165, 1.54) is 0 Å². The molecule has 0 aromatic heterocycles. The first kappa shape index (κ1) is 21.2. The quantitative estimate of drug-likeness (QED) is 0.322. The molecule has 168 valence electrons. The molecule has 2 heterocycles. The van der Waals surface area contributed by atoms with Crippen LogP contribution in [0.15, 0.2) is 91.0 Å². The molecule has 0 spiro atoms. The van der Waals surface area contributed by atoms with Gasteiger partial charge in [0.05, 0.1) is 17.4 Å². The smallest absolute Gasteiger partial charge is 0.266 e. The fourth-order valence-electron chi connectivity index (χ4n) is 4.96. The number of carbonyl (C=O) groups is 2. The fourth-order valence-corrected chi connectivity index (χ4v) is 5.47. The molecule has 4 aromatic rings. The first-order valence-corrected chi connectivity index (χ1v) is 11.6. The van der Waals surface area contributed by atoms with Crippen LogP contribution in [0.5, 0.6) is 0 Å². The average molecular weight is 489 g/mol. The number of para-hydroxylation sites is 1. The number of hydroxylamine groups is 1. The molecule has 34 heavy (non-hydrogen) atoms. The molecule has 5 nitrogen and oxygen atoms in total. The summed E-state index contributed by atoms with van der Waals surface area (Å²) < 4.78 is 0. The van der Waals surface area contributed by atoms with Gasteiger partial charge < -0.3 is 0 Å². The second-order valence-electron chi connectivity index (χ2n) is 8.37. The van der Waals surface area contributed by atoms with E-state index in [0.29, 0.717) is 15.7 Å². The Labute approximate surface area is 206 Å². The zero-order valence-corrected chi connectivity index (χ0v) is 19.3. The molecule has 0 unspecified atom stereocenters. The minimum Gasteiger partial charge on any atom is -0.273 e. The first-order chi connectivity index (χ1) is 16.5. The van der Waals surface area contributed by atoms with Crippen LogP contribution in [-0.2, 0) is 14.4 Å². The third-order valence-electron chi connectivity index (χ3n) is 6.37. The maximum Gasteiger partial charge on any atom is 0.266 e. The van der Waals surface area contributed by atoms with E-state index in [1.807, 2.05) is 72.8 Å². The Morgan fingerprint density at radius 2 is 1.38 bits per heavy atom. The third kappa shape index (κ3) is 3.28. The predicted molar refractivity (Wildman–Crippen MR) is 133 cm³/mol. The van der Waals surface area contributed by atoms with Gasteiger partial charge in [-0.15, -0.1) is 0 Å². The summed E-state index contributed by atoms with van der Waals surface area (Å²) in [6.07, 6.45) is -0.963. The van der Waals surface area contributed by atoms with Gasteiger partial charge in [-0.2, -0.15) is 0 Å². The number of anilines is 2. The van der Waals surface area contributed by atoms with Gasteiger partial charge in [0.2, 0.25) is 5.91 Å². The Morgan fingerprint density at radius 1 is 0.706 bits per heavy atom. The Morgan fingerprint density at radius 3 is 2.15 bits per heavy atom. The highest BCUT2D eigenvalue weighted by Gasteiger charge is 2.60. The van der Waals surface area contributed by atoms with Crippen molar-refractivity contribution >= 4 is 57.2 Å². The lowest BCUT2D eigenvalue weighted by Gasteiger charge is -2.29. The highest BCUT2D eigenvalue weighted by molar-refractivity contribution is 6.35.